The van der Waals surface area contributed by atoms with Gasteiger partial charge in [-0.3, -0.25) is 4.79 Å². The van der Waals surface area contributed by atoms with Gasteiger partial charge in [0.15, 0.2) is 0 Å². The number of ether oxygens (including phenoxy) is 2. The van der Waals surface area contributed by atoms with Crippen molar-refractivity contribution < 1.29 is 19.1 Å². The zero-order valence-electron chi connectivity index (χ0n) is 24.9. The monoisotopic (exact) mass is 603 g/mol. The normalized spacial score (nSPS) is 11.5. The first-order valence-corrected chi connectivity index (χ1v) is 15.2. The number of rotatable bonds is 11. The Morgan fingerprint density at radius 3 is 2.23 bits per heavy atom. The van der Waals surface area contributed by atoms with Crippen LogP contribution in [0.4, 0.5) is 0 Å². The number of aromatic nitrogens is 2. The predicted molar refractivity (Wildman–Crippen MR) is 176 cm³/mol. The molecular weight excluding hydrogens is 570 g/mol. The first-order chi connectivity index (χ1) is 21.3. The number of hydrogen-bond acceptors (Lipinski definition) is 7. The molecule has 1 N–H and O–H groups in total. The second-order valence-electron chi connectivity index (χ2n) is 10.2. The number of benzene rings is 4. The van der Waals surface area contributed by atoms with E-state index in [0.717, 1.165) is 39.0 Å². The SMILES string of the molecule is C=C(C)c1ccc(Oc2ccc3nc(C(=O)N[C@@H](Cc4ccc(-c5ccccc5)cc4)C(=O)OC)nc(SCC)c3c2)cc1. The molecule has 5 rings (SSSR count). The van der Waals surface area contributed by atoms with Crippen molar-refractivity contribution in [3.63, 3.8) is 0 Å². The van der Waals surface area contributed by atoms with Crippen LogP contribution >= 0.6 is 11.8 Å². The highest BCUT2D eigenvalue weighted by Gasteiger charge is 2.25. The molecule has 1 aromatic heterocycles. The van der Waals surface area contributed by atoms with Crippen molar-refractivity contribution in [1.82, 2.24) is 15.3 Å². The van der Waals surface area contributed by atoms with E-state index < -0.39 is 17.9 Å². The number of nitrogens with one attached hydrogen (secondary N) is 1. The highest BCUT2D eigenvalue weighted by Crippen LogP contribution is 2.31. The molecule has 222 valence electrons. The summed E-state index contributed by atoms with van der Waals surface area (Å²) in [5.41, 5.74) is 5.67. The lowest BCUT2D eigenvalue weighted by Crippen LogP contribution is -2.43. The molecular formula is C36H33N3O4S. The molecule has 0 aliphatic heterocycles. The van der Waals surface area contributed by atoms with Gasteiger partial charge in [-0.05, 0) is 65.3 Å². The van der Waals surface area contributed by atoms with Crippen molar-refractivity contribution in [3.8, 4) is 22.6 Å². The summed E-state index contributed by atoms with van der Waals surface area (Å²) in [6, 6.07) is 30.2. The lowest BCUT2D eigenvalue weighted by molar-refractivity contribution is -0.142. The van der Waals surface area contributed by atoms with Gasteiger partial charge in [-0.1, -0.05) is 85.8 Å². The average molecular weight is 604 g/mol. The average Bonchev–Trinajstić information content (AvgIpc) is 3.05. The zero-order chi connectivity index (χ0) is 31.1. The van der Waals surface area contributed by atoms with Crippen LogP contribution in [0, 0.1) is 0 Å². The minimum Gasteiger partial charge on any atom is -0.467 e. The molecule has 0 aliphatic rings. The standard InChI is InChI=1S/C36H33N3O4S/c1-5-44-35-30-22-29(43-28-17-15-25(16-18-28)23(2)3)19-20-31(30)37-33(39-35)34(40)38-32(36(41)42-4)21-24-11-13-27(14-12-24)26-9-7-6-8-10-26/h6-20,22,32H,2,5,21H2,1,3-4H3,(H,38,40)/t32-/m0/s1. The van der Waals surface area contributed by atoms with Crippen molar-refractivity contribution in [3.05, 3.63) is 121 Å². The van der Waals surface area contributed by atoms with Crippen LogP contribution in [0.2, 0.25) is 0 Å². The Morgan fingerprint density at radius 1 is 0.886 bits per heavy atom. The predicted octanol–water partition coefficient (Wildman–Crippen LogP) is 7.75. The van der Waals surface area contributed by atoms with E-state index in [9.17, 15) is 9.59 Å². The van der Waals surface area contributed by atoms with E-state index in [4.69, 9.17) is 9.47 Å². The summed E-state index contributed by atoms with van der Waals surface area (Å²) in [6.07, 6.45) is 0.256. The van der Waals surface area contributed by atoms with Crippen LogP contribution in [-0.4, -0.2) is 40.7 Å². The molecule has 1 heterocycles. The van der Waals surface area contributed by atoms with E-state index in [2.05, 4.69) is 21.9 Å². The Kier molecular flexibility index (Phi) is 9.72. The number of methoxy groups -OCH3 is 1. The van der Waals surface area contributed by atoms with Gasteiger partial charge in [-0.15, -0.1) is 11.8 Å². The summed E-state index contributed by atoms with van der Waals surface area (Å²) in [5.74, 6) is 0.935. The number of amides is 1. The van der Waals surface area contributed by atoms with E-state index in [1.54, 1.807) is 12.1 Å². The Bertz CT molecular complexity index is 1790. The topological polar surface area (TPSA) is 90.4 Å². The number of carbonyl (C=O) groups is 2. The fraction of sp³-hybridized carbons (Fsp3) is 0.167. The van der Waals surface area contributed by atoms with Gasteiger partial charge in [0, 0.05) is 11.8 Å². The van der Waals surface area contributed by atoms with Gasteiger partial charge in [-0.2, -0.15) is 0 Å². The van der Waals surface area contributed by atoms with Crippen LogP contribution in [0.5, 0.6) is 11.5 Å². The van der Waals surface area contributed by atoms with Crippen LogP contribution in [0.15, 0.2) is 109 Å². The molecule has 7 nitrogen and oxygen atoms in total. The minimum atomic E-state index is -0.913. The lowest BCUT2D eigenvalue weighted by Gasteiger charge is -2.17. The first kappa shape index (κ1) is 30.5. The van der Waals surface area contributed by atoms with Gasteiger partial charge in [0.05, 0.1) is 12.6 Å². The molecule has 5 aromatic rings. The van der Waals surface area contributed by atoms with Crippen LogP contribution < -0.4 is 10.1 Å². The summed E-state index contributed by atoms with van der Waals surface area (Å²) in [7, 11) is 1.30. The molecule has 0 aliphatic carbocycles. The summed E-state index contributed by atoms with van der Waals surface area (Å²) in [5, 5.41) is 4.21. The maximum atomic E-state index is 13.4. The van der Waals surface area contributed by atoms with Crippen LogP contribution in [0.3, 0.4) is 0 Å². The van der Waals surface area contributed by atoms with E-state index in [0.29, 0.717) is 22.0 Å². The molecule has 8 heteroatoms. The molecule has 1 atom stereocenters. The Morgan fingerprint density at radius 2 is 1.57 bits per heavy atom. The van der Waals surface area contributed by atoms with Gasteiger partial charge < -0.3 is 14.8 Å². The summed E-state index contributed by atoms with van der Waals surface area (Å²) < 4.78 is 11.1. The number of hydrogen-bond donors (Lipinski definition) is 1. The number of thioether (sulfide) groups is 1. The molecule has 1 amide bonds. The smallest absolute Gasteiger partial charge is 0.328 e. The number of allylic oxidation sites excluding steroid dienone is 1. The van der Waals surface area contributed by atoms with Crippen molar-refractivity contribution >= 4 is 40.1 Å². The van der Waals surface area contributed by atoms with Gasteiger partial charge in [0.2, 0.25) is 5.82 Å². The molecule has 0 bridgehead atoms. The number of carbonyl (C=O) groups excluding carboxylic acids is 2. The first-order valence-electron chi connectivity index (χ1n) is 14.3. The molecule has 4 aromatic carbocycles. The Labute approximate surface area is 261 Å². The van der Waals surface area contributed by atoms with Gasteiger partial charge in [-0.25, -0.2) is 14.8 Å². The lowest BCUT2D eigenvalue weighted by atomic mass is 10.0. The Hall–Kier alpha value is -4.95. The van der Waals surface area contributed by atoms with Gasteiger partial charge >= 0.3 is 5.97 Å². The number of fused-ring (bicyclic) bond motifs is 1. The van der Waals surface area contributed by atoms with Crippen LogP contribution in [0.25, 0.3) is 27.6 Å². The number of nitrogens with zero attached hydrogens (tertiary/aromatic N) is 2. The van der Waals surface area contributed by atoms with E-state index >= 15 is 0 Å². The second-order valence-corrected chi connectivity index (χ2v) is 11.4. The second kappa shape index (κ2) is 14.0. The third-order valence-corrected chi connectivity index (χ3v) is 7.86. The van der Waals surface area contributed by atoms with E-state index in [1.807, 2.05) is 98.8 Å². The fourth-order valence-electron chi connectivity index (χ4n) is 4.69. The fourth-order valence-corrected chi connectivity index (χ4v) is 5.44. The minimum absolute atomic E-state index is 0.0224. The van der Waals surface area contributed by atoms with Gasteiger partial charge in [0.1, 0.15) is 22.6 Å². The molecule has 0 unspecified atom stereocenters. The molecule has 0 fully saturated rings. The highest BCUT2D eigenvalue weighted by atomic mass is 32.2. The molecule has 0 saturated carbocycles. The van der Waals surface area contributed by atoms with Crippen molar-refractivity contribution in [2.75, 3.05) is 12.9 Å². The van der Waals surface area contributed by atoms with Crippen molar-refractivity contribution in [1.29, 1.82) is 0 Å². The molecule has 0 radical (unpaired) electrons. The summed E-state index contributed by atoms with van der Waals surface area (Å²) >= 11 is 1.50. The van der Waals surface area contributed by atoms with Crippen LogP contribution in [-0.2, 0) is 16.0 Å². The molecule has 0 spiro atoms. The highest BCUT2D eigenvalue weighted by molar-refractivity contribution is 7.99. The summed E-state index contributed by atoms with van der Waals surface area (Å²) in [4.78, 5) is 35.2. The van der Waals surface area contributed by atoms with Crippen molar-refractivity contribution in [2.45, 2.75) is 31.3 Å². The quantitative estimate of drug-likeness (QED) is 0.0938. The molecule has 44 heavy (non-hydrogen) atoms. The largest absolute Gasteiger partial charge is 0.467 e. The van der Waals surface area contributed by atoms with E-state index in [1.165, 1.54) is 18.9 Å². The van der Waals surface area contributed by atoms with Crippen molar-refractivity contribution in [2.24, 2.45) is 0 Å². The third-order valence-electron chi connectivity index (χ3n) is 6.99. The van der Waals surface area contributed by atoms with Crippen LogP contribution in [0.1, 0.15) is 35.6 Å². The van der Waals surface area contributed by atoms with Gasteiger partial charge in [0.25, 0.3) is 5.91 Å². The summed E-state index contributed by atoms with van der Waals surface area (Å²) in [6.45, 7) is 7.94. The Balaban J connectivity index is 1.35. The zero-order valence-corrected chi connectivity index (χ0v) is 25.7. The maximum Gasteiger partial charge on any atom is 0.328 e. The third kappa shape index (κ3) is 7.33. The van der Waals surface area contributed by atoms with E-state index in [-0.39, 0.29) is 12.2 Å². The molecule has 0 saturated heterocycles. The maximum absolute atomic E-state index is 13.4. The number of esters is 1.